The Morgan fingerprint density at radius 1 is 0.862 bits per heavy atom. The molecule has 4 nitrogen and oxygen atoms in total. The molecule has 2 aromatic rings. The molecule has 29 heavy (non-hydrogen) atoms. The van der Waals surface area contributed by atoms with Crippen LogP contribution in [0.25, 0.3) is 0 Å². The molecule has 0 aromatic carbocycles. The second-order valence-electron chi connectivity index (χ2n) is 8.96. The molecular weight excluding hydrogens is 376 g/mol. The summed E-state index contributed by atoms with van der Waals surface area (Å²) in [4.78, 5) is 7.26. The summed E-state index contributed by atoms with van der Waals surface area (Å²) in [6, 6.07) is 12.3. The Morgan fingerprint density at radius 2 is 1.59 bits per heavy atom. The van der Waals surface area contributed by atoms with Gasteiger partial charge in [0.25, 0.3) is 0 Å². The van der Waals surface area contributed by atoms with Crippen LogP contribution < -0.4 is 5.32 Å². The molecule has 3 fully saturated rings. The van der Waals surface area contributed by atoms with Gasteiger partial charge in [-0.1, -0.05) is 44.6 Å². The molecule has 5 heteroatoms. The molecule has 2 atom stereocenters. The SMILES string of the molecule is S=C1NC(c2ccccn2)C(c2cccn2C2CCCCC2)N1C1CCCCC1. The van der Waals surface area contributed by atoms with Crippen molar-refractivity contribution >= 4 is 17.3 Å². The molecular formula is C24H32N4S. The molecule has 154 valence electrons. The van der Waals surface area contributed by atoms with Crippen molar-refractivity contribution in [2.24, 2.45) is 0 Å². The molecule has 2 unspecified atom stereocenters. The van der Waals surface area contributed by atoms with Crippen molar-refractivity contribution < 1.29 is 0 Å². The van der Waals surface area contributed by atoms with Gasteiger partial charge in [-0.05, 0) is 62.2 Å². The van der Waals surface area contributed by atoms with Gasteiger partial charge in [-0.15, -0.1) is 0 Å². The quantitative estimate of drug-likeness (QED) is 0.659. The third kappa shape index (κ3) is 3.70. The number of hydrogen-bond donors (Lipinski definition) is 1. The first-order valence-corrected chi connectivity index (χ1v) is 11.9. The van der Waals surface area contributed by atoms with Crippen molar-refractivity contribution in [1.82, 2.24) is 19.8 Å². The molecule has 2 aromatic heterocycles. The van der Waals surface area contributed by atoms with Crippen LogP contribution in [0.5, 0.6) is 0 Å². The van der Waals surface area contributed by atoms with Crippen LogP contribution >= 0.6 is 12.2 Å². The van der Waals surface area contributed by atoms with Crippen LogP contribution in [0, 0.1) is 0 Å². The summed E-state index contributed by atoms with van der Waals surface area (Å²) in [5, 5.41) is 4.58. The second-order valence-corrected chi connectivity index (χ2v) is 9.34. The molecule has 5 rings (SSSR count). The van der Waals surface area contributed by atoms with E-state index in [1.54, 1.807) is 0 Å². The summed E-state index contributed by atoms with van der Waals surface area (Å²) < 4.78 is 2.57. The lowest BCUT2D eigenvalue weighted by molar-refractivity contribution is 0.187. The van der Waals surface area contributed by atoms with Gasteiger partial charge in [0.2, 0.25) is 0 Å². The van der Waals surface area contributed by atoms with Gasteiger partial charge in [0.05, 0.1) is 17.8 Å². The molecule has 1 saturated heterocycles. The van der Waals surface area contributed by atoms with Gasteiger partial charge in [-0.2, -0.15) is 0 Å². The second kappa shape index (κ2) is 8.47. The topological polar surface area (TPSA) is 33.1 Å². The lowest BCUT2D eigenvalue weighted by atomic mass is 9.91. The Labute approximate surface area is 179 Å². The predicted molar refractivity (Wildman–Crippen MR) is 121 cm³/mol. The van der Waals surface area contributed by atoms with Gasteiger partial charge in [-0.25, -0.2) is 0 Å². The maximum atomic E-state index is 5.93. The Balaban J connectivity index is 1.55. The minimum Gasteiger partial charge on any atom is -0.352 e. The van der Waals surface area contributed by atoms with Crippen LogP contribution in [-0.2, 0) is 0 Å². The normalized spacial score (nSPS) is 26.6. The molecule has 3 aliphatic rings. The molecule has 2 aliphatic carbocycles. The summed E-state index contributed by atoms with van der Waals surface area (Å²) >= 11 is 5.93. The number of thiocarbonyl (C=S) groups is 1. The number of aromatic nitrogens is 2. The number of nitrogens with one attached hydrogen (secondary N) is 1. The highest BCUT2D eigenvalue weighted by Gasteiger charge is 2.44. The summed E-state index contributed by atoms with van der Waals surface area (Å²) in [5.41, 5.74) is 2.50. The van der Waals surface area contributed by atoms with E-state index in [1.807, 2.05) is 12.3 Å². The zero-order valence-electron chi connectivity index (χ0n) is 17.2. The fourth-order valence-electron chi connectivity index (χ4n) is 5.78. The zero-order valence-corrected chi connectivity index (χ0v) is 18.0. The van der Waals surface area contributed by atoms with Crippen molar-refractivity contribution in [2.45, 2.75) is 88.4 Å². The Kier molecular flexibility index (Phi) is 5.58. The van der Waals surface area contributed by atoms with Crippen LogP contribution in [0.15, 0.2) is 42.7 Å². The standard InChI is InChI=1S/C24H32N4S/c29-24-26-22(20-14-7-8-16-25-20)23(28(24)19-12-5-2-6-13-19)21-15-9-17-27(21)18-10-3-1-4-11-18/h7-9,14-19,22-23H,1-6,10-13H2,(H,26,29). The Morgan fingerprint density at radius 3 is 2.28 bits per heavy atom. The number of nitrogens with zero attached hydrogens (tertiary/aromatic N) is 3. The van der Waals surface area contributed by atoms with Crippen LogP contribution in [0.3, 0.4) is 0 Å². The number of pyridine rings is 1. The minimum absolute atomic E-state index is 0.114. The number of hydrogen-bond acceptors (Lipinski definition) is 2. The zero-order chi connectivity index (χ0) is 19.6. The average molecular weight is 409 g/mol. The summed E-state index contributed by atoms with van der Waals surface area (Å²) in [7, 11) is 0. The van der Waals surface area contributed by atoms with Gasteiger partial charge < -0.3 is 14.8 Å². The fourth-order valence-corrected chi connectivity index (χ4v) is 6.17. The first-order valence-electron chi connectivity index (χ1n) is 11.5. The highest BCUT2D eigenvalue weighted by molar-refractivity contribution is 7.80. The number of rotatable bonds is 4. The van der Waals surface area contributed by atoms with Crippen molar-refractivity contribution in [3.8, 4) is 0 Å². The van der Waals surface area contributed by atoms with E-state index in [0.29, 0.717) is 12.1 Å². The van der Waals surface area contributed by atoms with E-state index in [2.05, 4.69) is 45.2 Å². The summed E-state index contributed by atoms with van der Waals surface area (Å²) in [6.07, 6.45) is 17.4. The highest BCUT2D eigenvalue weighted by Crippen LogP contribution is 2.44. The largest absolute Gasteiger partial charge is 0.352 e. The van der Waals surface area contributed by atoms with E-state index in [-0.39, 0.29) is 12.1 Å². The predicted octanol–water partition coefficient (Wildman–Crippen LogP) is 5.69. The van der Waals surface area contributed by atoms with Crippen molar-refractivity contribution in [3.05, 3.63) is 54.1 Å². The molecule has 0 radical (unpaired) electrons. The first-order chi connectivity index (χ1) is 14.3. The lowest BCUT2D eigenvalue weighted by Crippen LogP contribution is -2.41. The van der Waals surface area contributed by atoms with E-state index in [0.717, 1.165) is 10.8 Å². The maximum Gasteiger partial charge on any atom is 0.170 e. The van der Waals surface area contributed by atoms with E-state index in [1.165, 1.54) is 69.9 Å². The van der Waals surface area contributed by atoms with Crippen molar-refractivity contribution in [1.29, 1.82) is 0 Å². The van der Waals surface area contributed by atoms with Gasteiger partial charge in [0, 0.05) is 30.2 Å². The monoisotopic (exact) mass is 408 g/mol. The highest BCUT2D eigenvalue weighted by atomic mass is 32.1. The molecule has 0 spiro atoms. The summed E-state index contributed by atoms with van der Waals surface area (Å²) in [5.74, 6) is 0. The summed E-state index contributed by atoms with van der Waals surface area (Å²) in [6.45, 7) is 0. The van der Waals surface area contributed by atoms with Gasteiger partial charge >= 0.3 is 0 Å². The molecule has 3 heterocycles. The van der Waals surface area contributed by atoms with Crippen LogP contribution in [-0.4, -0.2) is 25.6 Å². The third-order valence-corrected chi connectivity index (χ3v) is 7.51. The lowest BCUT2D eigenvalue weighted by Gasteiger charge is -2.38. The maximum absolute atomic E-state index is 5.93. The van der Waals surface area contributed by atoms with Crippen LogP contribution in [0.1, 0.15) is 93.7 Å². The van der Waals surface area contributed by atoms with Crippen molar-refractivity contribution in [2.75, 3.05) is 0 Å². The molecule has 1 N–H and O–H groups in total. The van der Waals surface area contributed by atoms with E-state index >= 15 is 0 Å². The van der Waals surface area contributed by atoms with E-state index < -0.39 is 0 Å². The van der Waals surface area contributed by atoms with Crippen molar-refractivity contribution in [3.63, 3.8) is 0 Å². The van der Waals surface area contributed by atoms with Gasteiger partial charge in [0.15, 0.2) is 5.11 Å². The molecule has 0 amide bonds. The average Bonchev–Trinajstić information content (AvgIpc) is 3.40. The van der Waals surface area contributed by atoms with E-state index in [9.17, 15) is 0 Å². The fraction of sp³-hybridized carbons (Fsp3) is 0.583. The molecule has 1 aliphatic heterocycles. The first kappa shape index (κ1) is 19.1. The Bertz CT molecular complexity index is 820. The van der Waals surface area contributed by atoms with E-state index in [4.69, 9.17) is 17.2 Å². The van der Waals surface area contributed by atoms with Crippen LogP contribution in [0.2, 0.25) is 0 Å². The van der Waals surface area contributed by atoms with Crippen LogP contribution in [0.4, 0.5) is 0 Å². The minimum atomic E-state index is 0.114. The molecule has 0 bridgehead atoms. The smallest absolute Gasteiger partial charge is 0.170 e. The Hall–Kier alpha value is -1.88. The van der Waals surface area contributed by atoms with Gasteiger partial charge in [-0.3, -0.25) is 4.98 Å². The third-order valence-electron chi connectivity index (χ3n) is 7.19. The van der Waals surface area contributed by atoms with Gasteiger partial charge in [0.1, 0.15) is 0 Å². The molecule has 2 saturated carbocycles.